The lowest BCUT2D eigenvalue weighted by Gasteiger charge is -2.23. The van der Waals surface area contributed by atoms with Gasteiger partial charge in [-0.05, 0) is 122 Å². The Kier molecular flexibility index (Phi) is 13.7. The molecule has 1 N–H and O–H groups in total. The number of anilines is 1. The van der Waals surface area contributed by atoms with Gasteiger partial charge in [0.25, 0.3) is 0 Å². The van der Waals surface area contributed by atoms with E-state index < -0.39 is 0 Å². The third-order valence-electron chi connectivity index (χ3n) is 13.1. The molecule has 5 aromatic carbocycles. The normalized spacial score (nSPS) is 15.1. The van der Waals surface area contributed by atoms with Gasteiger partial charge in [-0.15, -0.1) is 23.2 Å². The highest BCUT2D eigenvalue weighted by atomic mass is 35.5. The van der Waals surface area contributed by atoms with E-state index in [2.05, 4.69) is 170 Å². The number of benzene rings is 5. The number of aryl methyl sites for hydroxylation is 4. The zero-order valence-corrected chi connectivity index (χ0v) is 41.1. The van der Waals surface area contributed by atoms with Crippen molar-refractivity contribution in [2.75, 3.05) is 29.7 Å². The first-order chi connectivity index (χ1) is 34.2. The smallest absolute Gasteiger partial charge is 0.311 e. The summed E-state index contributed by atoms with van der Waals surface area (Å²) in [5, 5.41) is 1.84. The number of carbonyl (C=O) groups is 1. The quantitative estimate of drug-likeness (QED) is 0.0671. The molecule has 348 valence electrons. The predicted octanol–water partition coefficient (Wildman–Crippen LogP) is 12.1. The number of aromatic nitrogens is 1. The number of aliphatic imine (C=N–C) groups is 3. The van der Waals surface area contributed by atoms with Crippen molar-refractivity contribution < 1.29 is 9.53 Å². The molecule has 4 aliphatic heterocycles. The van der Waals surface area contributed by atoms with Gasteiger partial charge in [0.1, 0.15) is 5.75 Å². The van der Waals surface area contributed by atoms with Gasteiger partial charge in [0.2, 0.25) is 0 Å². The van der Waals surface area contributed by atoms with E-state index in [9.17, 15) is 4.79 Å². The third kappa shape index (κ3) is 10.0. The number of aromatic amines is 1. The third-order valence-corrected chi connectivity index (χ3v) is 13.4. The average molecular weight is 959 g/mol. The highest BCUT2D eigenvalue weighted by Crippen LogP contribution is 2.38. The van der Waals surface area contributed by atoms with E-state index in [0.29, 0.717) is 36.8 Å². The Labute approximate surface area is 419 Å². The number of H-pyrrole nitrogens is 1. The van der Waals surface area contributed by atoms with Crippen molar-refractivity contribution in [1.29, 1.82) is 0 Å². The van der Waals surface area contributed by atoms with Crippen LogP contribution in [0.3, 0.4) is 0 Å². The van der Waals surface area contributed by atoms with Crippen molar-refractivity contribution in [2.24, 2.45) is 15.0 Å². The highest BCUT2D eigenvalue weighted by molar-refractivity contribution is 6.35. The highest BCUT2D eigenvalue weighted by Gasteiger charge is 2.26. The molecule has 7 nitrogen and oxygen atoms in total. The summed E-state index contributed by atoms with van der Waals surface area (Å²) in [6.07, 6.45) is 13.0. The van der Waals surface area contributed by atoms with Gasteiger partial charge in [-0.1, -0.05) is 120 Å². The molecule has 10 rings (SSSR count). The zero-order chi connectivity index (χ0) is 48.1. The van der Waals surface area contributed by atoms with Crippen LogP contribution in [-0.2, 0) is 11.2 Å². The van der Waals surface area contributed by atoms with Crippen LogP contribution in [0.4, 0.5) is 5.69 Å². The zero-order valence-electron chi connectivity index (χ0n) is 39.6. The lowest BCUT2D eigenvalue weighted by molar-refractivity contribution is -0.134. The number of fused-ring (bicyclic) bond motifs is 5. The number of allylic oxidation sites excluding steroid dienone is 7. The van der Waals surface area contributed by atoms with Crippen LogP contribution in [-0.4, -0.2) is 52.9 Å². The van der Waals surface area contributed by atoms with Gasteiger partial charge in [-0.2, -0.15) is 0 Å². The van der Waals surface area contributed by atoms with Crippen LogP contribution in [0, 0.1) is 20.8 Å². The van der Waals surface area contributed by atoms with Crippen molar-refractivity contribution in [3.8, 4) is 5.75 Å². The Morgan fingerprint density at radius 1 is 0.571 bits per heavy atom. The maximum atomic E-state index is 13.2. The predicted molar refractivity (Wildman–Crippen MR) is 291 cm³/mol. The summed E-state index contributed by atoms with van der Waals surface area (Å²) in [5.74, 6) is 1.28. The SMILES string of the molecule is Cc1ccc(C2=C3C=CC(=N3)C(c3ccc(C)cc3)=C3C=CC(=N3)C(c3ccc(OC(=O)CCCc4ccc(N(CCCl)CCCl)cc4)cc3)=c3ccc([nH]3)=C(c3ccc(C)cc3)C3=NC2=CC3)cc1. The minimum absolute atomic E-state index is 0.271. The number of alkyl halides is 2. The summed E-state index contributed by atoms with van der Waals surface area (Å²) in [7, 11) is 0. The molecule has 0 spiro atoms. The Morgan fingerprint density at radius 3 is 1.66 bits per heavy atom. The number of carbonyl (C=O) groups excluding carboxylic acids is 1. The topological polar surface area (TPSA) is 82.4 Å². The summed E-state index contributed by atoms with van der Waals surface area (Å²) < 4.78 is 5.90. The number of esters is 1. The molecule has 0 radical (unpaired) electrons. The molecule has 0 saturated heterocycles. The van der Waals surface area contributed by atoms with Crippen LogP contribution in [0.15, 0.2) is 196 Å². The molecule has 70 heavy (non-hydrogen) atoms. The summed E-state index contributed by atoms with van der Waals surface area (Å²) in [6, 6.07) is 46.3. The number of rotatable bonds is 14. The van der Waals surface area contributed by atoms with E-state index in [1.807, 2.05) is 24.3 Å². The maximum absolute atomic E-state index is 13.2. The second kappa shape index (κ2) is 20.7. The molecule has 0 aliphatic carbocycles. The first-order valence-electron chi connectivity index (χ1n) is 23.9. The number of ether oxygens (including phenoxy) is 1. The van der Waals surface area contributed by atoms with Crippen LogP contribution in [0.5, 0.6) is 5.75 Å². The van der Waals surface area contributed by atoms with Crippen molar-refractivity contribution >= 4 is 74.3 Å². The molecule has 0 atom stereocenters. The fourth-order valence-electron chi connectivity index (χ4n) is 9.40. The number of hydrogen-bond donors (Lipinski definition) is 1. The molecular weight excluding hydrogens is 906 g/mol. The van der Waals surface area contributed by atoms with E-state index >= 15 is 0 Å². The van der Waals surface area contributed by atoms with E-state index in [-0.39, 0.29) is 5.97 Å². The first-order valence-corrected chi connectivity index (χ1v) is 25.0. The van der Waals surface area contributed by atoms with E-state index in [1.165, 1.54) is 16.7 Å². The van der Waals surface area contributed by atoms with Crippen molar-refractivity contribution in [3.63, 3.8) is 0 Å². The lowest BCUT2D eigenvalue weighted by Crippen LogP contribution is -2.27. The number of hydrogen-bond acceptors (Lipinski definition) is 6. The summed E-state index contributed by atoms with van der Waals surface area (Å²) in [6.45, 7) is 7.79. The maximum Gasteiger partial charge on any atom is 0.311 e. The monoisotopic (exact) mass is 957 g/mol. The second-order valence-electron chi connectivity index (χ2n) is 18.1. The molecule has 0 saturated carbocycles. The van der Waals surface area contributed by atoms with Gasteiger partial charge in [0.15, 0.2) is 0 Å². The molecule has 0 unspecified atom stereocenters. The van der Waals surface area contributed by atoms with Crippen LogP contribution in [0.2, 0.25) is 0 Å². The van der Waals surface area contributed by atoms with Crippen molar-refractivity contribution in [2.45, 2.75) is 46.5 Å². The molecule has 1 aromatic heterocycles. The minimum atomic E-state index is -0.271. The standard InChI is InChI=1S/C61H53Cl2N5O2/c1-39-7-15-43(16-8-39)58-49-27-29-51(64-49)59(44-17-9-40(2)10-18-44)53-31-33-55(66-53)61(56-34-32-54(67-56)60(52-30-28-50(58)65-52)45-19-11-41(3)12-20-45)46-21-25-48(26-22-46)70-57(69)6-4-5-42-13-23-47(24-14-42)68(37-35-62)38-36-63/h7-29,31-34,67H,4-6,30,35-38H2,1-3H3. The van der Waals surface area contributed by atoms with Gasteiger partial charge in [-0.25, -0.2) is 9.98 Å². The van der Waals surface area contributed by atoms with Crippen LogP contribution >= 0.6 is 23.2 Å². The molecular formula is C61H53Cl2N5O2. The molecule has 6 aromatic rings. The second-order valence-corrected chi connectivity index (χ2v) is 18.8. The van der Waals surface area contributed by atoms with Crippen LogP contribution in [0.25, 0.3) is 22.3 Å². The molecule has 0 amide bonds. The molecule has 4 aliphatic rings. The molecule has 5 heterocycles. The summed E-state index contributed by atoms with van der Waals surface area (Å²) in [5.41, 5.74) is 18.9. The Balaban J connectivity index is 1.04. The largest absolute Gasteiger partial charge is 0.427 e. The van der Waals surface area contributed by atoms with E-state index in [0.717, 1.165) is 120 Å². The van der Waals surface area contributed by atoms with Gasteiger partial charge in [-0.3, -0.25) is 9.79 Å². The Hall–Kier alpha value is -7.32. The van der Waals surface area contributed by atoms with Gasteiger partial charge in [0.05, 0.1) is 34.2 Å². The lowest BCUT2D eigenvalue weighted by atomic mass is 9.98. The van der Waals surface area contributed by atoms with Crippen molar-refractivity contribution in [1.82, 2.24) is 4.98 Å². The van der Waals surface area contributed by atoms with E-state index in [4.69, 9.17) is 42.9 Å². The Bertz CT molecular complexity index is 3360. The van der Waals surface area contributed by atoms with Gasteiger partial charge < -0.3 is 14.6 Å². The van der Waals surface area contributed by atoms with Gasteiger partial charge >= 0.3 is 5.97 Å². The number of nitrogens with zero attached hydrogens (tertiary/aromatic N) is 4. The summed E-state index contributed by atoms with van der Waals surface area (Å²) in [4.78, 5) is 35.5. The average Bonchev–Trinajstić information content (AvgIpc) is 4.23. The minimum Gasteiger partial charge on any atom is -0.427 e. The summed E-state index contributed by atoms with van der Waals surface area (Å²) >= 11 is 12.0. The van der Waals surface area contributed by atoms with Crippen LogP contribution in [0.1, 0.15) is 63.8 Å². The molecule has 8 bridgehead atoms. The fraction of sp³-hybridized carbons (Fsp3) is 0.180. The number of halogens is 2. The first kappa shape index (κ1) is 46.4. The van der Waals surface area contributed by atoms with E-state index in [1.54, 1.807) is 0 Å². The van der Waals surface area contributed by atoms with Crippen molar-refractivity contribution in [3.05, 3.63) is 236 Å². The number of nitrogens with one attached hydrogen (secondary N) is 1. The van der Waals surface area contributed by atoms with Crippen LogP contribution < -0.4 is 20.3 Å². The molecule has 0 fully saturated rings. The Morgan fingerprint density at radius 2 is 1.07 bits per heavy atom. The van der Waals surface area contributed by atoms with Gasteiger partial charge in [0, 0.05) is 76.4 Å². The fourth-order valence-corrected chi connectivity index (χ4v) is 9.81. The molecule has 9 heteroatoms.